The Morgan fingerprint density at radius 3 is 2.77 bits per heavy atom. The van der Waals surface area contributed by atoms with Crippen LogP contribution in [0.15, 0.2) is 0 Å². The van der Waals surface area contributed by atoms with Gasteiger partial charge in [-0.2, -0.15) is 0 Å². The molecule has 0 saturated carbocycles. The lowest BCUT2D eigenvalue weighted by Crippen LogP contribution is -2.27. The Balaban J connectivity index is 2.91. The lowest BCUT2D eigenvalue weighted by atomic mass is 10.4. The van der Waals surface area contributed by atoms with Crippen LogP contribution in [0, 0.1) is 0 Å². The SMILES string of the molecule is COC(C)CNCCCOCCO. The Morgan fingerprint density at radius 1 is 1.38 bits per heavy atom. The molecule has 4 heteroatoms. The van der Waals surface area contributed by atoms with Crippen molar-refractivity contribution in [3.8, 4) is 0 Å². The summed E-state index contributed by atoms with van der Waals surface area (Å²) < 4.78 is 10.2. The van der Waals surface area contributed by atoms with Gasteiger partial charge >= 0.3 is 0 Å². The second-order valence-corrected chi connectivity index (χ2v) is 2.94. The summed E-state index contributed by atoms with van der Waals surface area (Å²) in [6, 6.07) is 0. The van der Waals surface area contributed by atoms with Crippen LogP contribution >= 0.6 is 0 Å². The molecule has 1 atom stereocenters. The van der Waals surface area contributed by atoms with Gasteiger partial charge in [0, 0.05) is 20.3 Å². The second-order valence-electron chi connectivity index (χ2n) is 2.94. The van der Waals surface area contributed by atoms with E-state index < -0.39 is 0 Å². The van der Waals surface area contributed by atoms with E-state index in [1.165, 1.54) is 0 Å². The molecule has 0 fully saturated rings. The van der Waals surface area contributed by atoms with Crippen LogP contribution < -0.4 is 5.32 Å². The highest BCUT2D eigenvalue weighted by Crippen LogP contribution is 1.85. The number of rotatable bonds is 9. The molecule has 4 nitrogen and oxygen atoms in total. The number of aliphatic hydroxyl groups is 1. The van der Waals surface area contributed by atoms with E-state index in [9.17, 15) is 0 Å². The van der Waals surface area contributed by atoms with Gasteiger partial charge in [0.15, 0.2) is 0 Å². The van der Waals surface area contributed by atoms with Crippen LogP contribution in [0.5, 0.6) is 0 Å². The molecule has 0 aromatic carbocycles. The van der Waals surface area contributed by atoms with Crippen LogP contribution in [0.1, 0.15) is 13.3 Å². The molecule has 13 heavy (non-hydrogen) atoms. The number of ether oxygens (including phenoxy) is 2. The zero-order valence-corrected chi connectivity index (χ0v) is 8.58. The van der Waals surface area contributed by atoms with Crippen molar-refractivity contribution >= 4 is 0 Å². The molecule has 2 N–H and O–H groups in total. The third kappa shape index (κ3) is 9.76. The Bertz CT molecular complexity index is 101. The lowest BCUT2D eigenvalue weighted by Gasteiger charge is -2.10. The van der Waals surface area contributed by atoms with Gasteiger partial charge in [0.05, 0.1) is 19.3 Å². The van der Waals surface area contributed by atoms with E-state index in [0.29, 0.717) is 13.2 Å². The minimum atomic E-state index is 0.105. The van der Waals surface area contributed by atoms with Gasteiger partial charge in [-0.1, -0.05) is 0 Å². The van der Waals surface area contributed by atoms with Gasteiger partial charge in [0.1, 0.15) is 0 Å². The normalized spacial score (nSPS) is 13.2. The van der Waals surface area contributed by atoms with E-state index >= 15 is 0 Å². The minimum Gasteiger partial charge on any atom is -0.394 e. The molecule has 0 heterocycles. The molecule has 0 radical (unpaired) electrons. The van der Waals surface area contributed by atoms with Gasteiger partial charge in [0.25, 0.3) is 0 Å². The first-order valence-corrected chi connectivity index (χ1v) is 4.73. The maximum atomic E-state index is 8.42. The van der Waals surface area contributed by atoms with Gasteiger partial charge in [0.2, 0.25) is 0 Å². The van der Waals surface area contributed by atoms with Crippen molar-refractivity contribution in [1.82, 2.24) is 5.32 Å². The highest BCUT2D eigenvalue weighted by Gasteiger charge is 1.96. The molecule has 80 valence electrons. The van der Waals surface area contributed by atoms with Crippen molar-refractivity contribution < 1.29 is 14.6 Å². The van der Waals surface area contributed by atoms with E-state index in [2.05, 4.69) is 5.32 Å². The zero-order valence-electron chi connectivity index (χ0n) is 8.58. The number of hydrogen-bond acceptors (Lipinski definition) is 4. The molecular weight excluding hydrogens is 170 g/mol. The Labute approximate surface area is 80.2 Å². The van der Waals surface area contributed by atoms with E-state index in [1.54, 1.807) is 7.11 Å². The predicted octanol–water partition coefficient (Wildman–Crippen LogP) is 0.00990. The zero-order chi connectivity index (χ0) is 9.94. The van der Waals surface area contributed by atoms with Crippen molar-refractivity contribution in [1.29, 1.82) is 0 Å². The van der Waals surface area contributed by atoms with Crippen molar-refractivity contribution in [3.63, 3.8) is 0 Å². The third-order valence-corrected chi connectivity index (χ3v) is 1.71. The van der Waals surface area contributed by atoms with Crippen molar-refractivity contribution in [3.05, 3.63) is 0 Å². The Kier molecular flexibility index (Phi) is 9.80. The van der Waals surface area contributed by atoms with Gasteiger partial charge in [-0.15, -0.1) is 0 Å². The van der Waals surface area contributed by atoms with Gasteiger partial charge < -0.3 is 19.9 Å². The molecular formula is C9H21NO3. The summed E-state index contributed by atoms with van der Waals surface area (Å²) in [5.74, 6) is 0. The molecule has 0 aliphatic heterocycles. The quantitative estimate of drug-likeness (QED) is 0.504. The first-order chi connectivity index (χ1) is 6.31. The summed E-state index contributed by atoms with van der Waals surface area (Å²) in [5.41, 5.74) is 0. The average Bonchev–Trinajstić information content (AvgIpc) is 2.16. The number of aliphatic hydroxyl groups excluding tert-OH is 1. The third-order valence-electron chi connectivity index (χ3n) is 1.71. The summed E-state index contributed by atoms with van der Waals surface area (Å²) in [7, 11) is 1.71. The molecule has 0 saturated heterocycles. The van der Waals surface area contributed by atoms with Crippen LogP contribution in [0.2, 0.25) is 0 Å². The fraction of sp³-hybridized carbons (Fsp3) is 1.00. The van der Waals surface area contributed by atoms with Crippen molar-refractivity contribution in [2.45, 2.75) is 19.4 Å². The molecule has 1 unspecified atom stereocenters. The van der Waals surface area contributed by atoms with E-state index in [0.717, 1.165) is 19.5 Å². The van der Waals surface area contributed by atoms with Crippen LogP contribution in [0.4, 0.5) is 0 Å². The number of nitrogens with one attached hydrogen (secondary N) is 1. The molecule has 0 spiro atoms. The van der Waals surface area contributed by atoms with Gasteiger partial charge in [-0.05, 0) is 19.9 Å². The molecule has 0 amide bonds. The first-order valence-electron chi connectivity index (χ1n) is 4.73. The Hall–Kier alpha value is -0.160. The molecule has 0 bridgehead atoms. The molecule has 0 aromatic rings. The summed E-state index contributed by atoms with van der Waals surface area (Å²) in [4.78, 5) is 0. The second kappa shape index (κ2) is 9.92. The van der Waals surface area contributed by atoms with E-state index in [4.69, 9.17) is 14.6 Å². The van der Waals surface area contributed by atoms with Crippen LogP contribution in [-0.2, 0) is 9.47 Å². The van der Waals surface area contributed by atoms with Crippen LogP contribution in [-0.4, -0.2) is 51.2 Å². The van der Waals surface area contributed by atoms with Gasteiger partial charge in [-0.25, -0.2) is 0 Å². The van der Waals surface area contributed by atoms with E-state index in [1.807, 2.05) is 6.92 Å². The smallest absolute Gasteiger partial charge is 0.0697 e. The predicted molar refractivity (Wildman–Crippen MR) is 51.9 cm³/mol. The summed E-state index contributed by atoms with van der Waals surface area (Å²) in [5, 5.41) is 11.7. The molecule has 0 aliphatic carbocycles. The lowest BCUT2D eigenvalue weighted by molar-refractivity contribution is 0.0886. The van der Waals surface area contributed by atoms with Crippen molar-refractivity contribution in [2.75, 3.05) is 40.0 Å². The molecule has 0 aromatic heterocycles. The standard InChI is InChI=1S/C9H21NO3/c1-9(12-2)8-10-4-3-6-13-7-5-11/h9-11H,3-8H2,1-2H3. The van der Waals surface area contributed by atoms with Gasteiger partial charge in [-0.3, -0.25) is 0 Å². The first kappa shape index (κ1) is 12.8. The summed E-state index contributed by atoms with van der Waals surface area (Å²) >= 11 is 0. The topological polar surface area (TPSA) is 50.7 Å². The average molecular weight is 191 g/mol. The highest BCUT2D eigenvalue weighted by molar-refractivity contribution is 4.54. The summed E-state index contributed by atoms with van der Waals surface area (Å²) in [6.07, 6.45) is 1.23. The number of methoxy groups -OCH3 is 1. The monoisotopic (exact) mass is 191 g/mol. The maximum Gasteiger partial charge on any atom is 0.0697 e. The van der Waals surface area contributed by atoms with Crippen LogP contribution in [0.25, 0.3) is 0 Å². The molecule has 0 rings (SSSR count). The van der Waals surface area contributed by atoms with Crippen molar-refractivity contribution in [2.24, 2.45) is 0 Å². The minimum absolute atomic E-state index is 0.105. The fourth-order valence-electron chi connectivity index (χ4n) is 0.855. The summed E-state index contributed by atoms with van der Waals surface area (Å²) in [6.45, 7) is 5.07. The Morgan fingerprint density at radius 2 is 2.15 bits per heavy atom. The largest absolute Gasteiger partial charge is 0.394 e. The maximum absolute atomic E-state index is 8.42. The number of hydrogen-bond donors (Lipinski definition) is 2. The fourth-order valence-corrected chi connectivity index (χ4v) is 0.855. The van der Waals surface area contributed by atoms with E-state index in [-0.39, 0.29) is 12.7 Å². The molecule has 0 aliphatic rings. The van der Waals surface area contributed by atoms with Crippen LogP contribution in [0.3, 0.4) is 0 Å². The highest BCUT2D eigenvalue weighted by atomic mass is 16.5.